The number of carbonyl (C=O) groups is 1. The zero-order valence-corrected chi connectivity index (χ0v) is 12.2. The molecule has 1 saturated heterocycles. The van der Waals surface area contributed by atoms with Crippen LogP contribution in [0.25, 0.3) is 0 Å². The van der Waals surface area contributed by atoms with Gasteiger partial charge in [0.25, 0.3) is 0 Å². The minimum Gasteiger partial charge on any atom is -0.491 e. The van der Waals surface area contributed by atoms with Crippen molar-refractivity contribution in [1.29, 1.82) is 0 Å². The number of benzene rings is 1. The minimum absolute atomic E-state index is 0.137. The Morgan fingerprint density at radius 2 is 2.48 bits per heavy atom. The van der Waals surface area contributed by atoms with Gasteiger partial charge in [-0.05, 0) is 24.6 Å². The van der Waals surface area contributed by atoms with Gasteiger partial charge >= 0.3 is 0 Å². The normalized spacial score (nSPS) is 19.8. The number of ether oxygens (including phenoxy) is 2. The molecule has 2 rings (SSSR count). The van der Waals surface area contributed by atoms with Gasteiger partial charge < -0.3 is 25.2 Å². The highest BCUT2D eigenvalue weighted by molar-refractivity contribution is 5.82. The van der Waals surface area contributed by atoms with Crippen molar-refractivity contribution in [2.24, 2.45) is 0 Å². The smallest absolute Gasteiger partial charge is 0.239 e. The summed E-state index contributed by atoms with van der Waals surface area (Å²) in [5.74, 6) is 0.548. The first-order valence-corrected chi connectivity index (χ1v) is 7.11. The van der Waals surface area contributed by atoms with Crippen molar-refractivity contribution in [2.75, 3.05) is 32.9 Å². The monoisotopic (exact) mass is 294 g/mol. The van der Waals surface area contributed by atoms with E-state index in [1.54, 1.807) is 0 Å². The van der Waals surface area contributed by atoms with Gasteiger partial charge in [0.05, 0.1) is 13.2 Å². The van der Waals surface area contributed by atoms with Crippen molar-refractivity contribution in [3.63, 3.8) is 0 Å². The molecule has 0 bridgehead atoms. The number of aryl methyl sites for hydroxylation is 1. The van der Waals surface area contributed by atoms with E-state index in [-0.39, 0.29) is 25.1 Å². The second-order valence-corrected chi connectivity index (χ2v) is 5.11. The quantitative estimate of drug-likeness (QED) is 0.679. The summed E-state index contributed by atoms with van der Waals surface area (Å²) in [6.45, 7) is 3.92. The molecular weight excluding hydrogens is 272 g/mol. The lowest BCUT2D eigenvalue weighted by Gasteiger charge is -2.23. The molecule has 0 saturated carbocycles. The molecule has 0 aliphatic carbocycles. The standard InChI is InChI=1S/C15H22N2O4/c1-11-3-2-4-13(7-11)21-9-12(18)8-17-15(19)14-10-20-6-5-16-14/h2-4,7,12,14,16,18H,5-6,8-10H2,1H3,(H,17,19). The zero-order valence-electron chi connectivity index (χ0n) is 12.2. The van der Waals surface area contributed by atoms with Gasteiger partial charge in [0.2, 0.25) is 5.91 Å². The van der Waals surface area contributed by atoms with E-state index in [1.165, 1.54) is 0 Å². The SMILES string of the molecule is Cc1cccc(OCC(O)CNC(=O)C2COCCN2)c1. The molecule has 21 heavy (non-hydrogen) atoms. The van der Waals surface area contributed by atoms with Crippen molar-refractivity contribution in [3.8, 4) is 5.75 Å². The number of aliphatic hydroxyl groups is 1. The molecule has 0 spiro atoms. The lowest BCUT2D eigenvalue weighted by molar-refractivity contribution is -0.126. The van der Waals surface area contributed by atoms with E-state index in [0.717, 1.165) is 5.56 Å². The van der Waals surface area contributed by atoms with Gasteiger partial charge in [-0.3, -0.25) is 4.79 Å². The van der Waals surface area contributed by atoms with Crippen molar-refractivity contribution in [1.82, 2.24) is 10.6 Å². The Balaban J connectivity index is 1.67. The number of aliphatic hydroxyl groups excluding tert-OH is 1. The van der Waals surface area contributed by atoms with Gasteiger partial charge in [0, 0.05) is 13.1 Å². The fourth-order valence-corrected chi connectivity index (χ4v) is 2.03. The summed E-state index contributed by atoms with van der Waals surface area (Å²) in [6.07, 6.45) is -0.751. The minimum atomic E-state index is -0.751. The van der Waals surface area contributed by atoms with Crippen LogP contribution in [-0.2, 0) is 9.53 Å². The topological polar surface area (TPSA) is 79.8 Å². The van der Waals surface area contributed by atoms with E-state index in [1.807, 2.05) is 31.2 Å². The number of hydrogen-bond donors (Lipinski definition) is 3. The molecular formula is C15H22N2O4. The summed E-state index contributed by atoms with van der Waals surface area (Å²) in [6, 6.07) is 7.26. The third kappa shape index (κ3) is 5.34. The van der Waals surface area contributed by atoms with Gasteiger partial charge in [0.15, 0.2) is 0 Å². The first-order valence-electron chi connectivity index (χ1n) is 7.11. The molecule has 2 atom stereocenters. The molecule has 116 valence electrons. The molecule has 6 heteroatoms. The molecule has 3 N–H and O–H groups in total. The van der Waals surface area contributed by atoms with Crippen LogP contribution in [0.1, 0.15) is 5.56 Å². The predicted molar refractivity (Wildman–Crippen MR) is 78.3 cm³/mol. The van der Waals surface area contributed by atoms with Gasteiger partial charge in [-0.25, -0.2) is 0 Å². The van der Waals surface area contributed by atoms with Crippen LogP contribution in [0.2, 0.25) is 0 Å². The van der Waals surface area contributed by atoms with Crippen LogP contribution in [0.4, 0.5) is 0 Å². The summed E-state index contributed by atoms with van der Waals surface area (Å²) in [5.41, 5.74) is 1.10. The maximum Gasteiger partial charge on any atom is 0.239 e. The second kappa shape index (κ2) is 7.97. The number of carbonyl (C=O) groups excluding carboxylic acids is 1. The fraction of sp³-hybridized carbons (Fsp3) is 0.533. The molecule has 0 radical (unpaired) electrons. The average molecular weight is 294 g/mol. The Bertz CT molecular complexity index is 461. The molecule has 2 unspecified atom stereocenters. The maximum absolute atomic E-state index is 11.8. The molecule has 6 nitrogen and oxygen atoms in total. The lowest BCUT2D eigenvalue weighted by Crippen LogP contribution is -2.52. The zero-order chi connectivity index (χ0) is 15.1. The second-order valence-electron chi connectivity index (χ2n) is 5.11. The molecule has 1 fully saturated rings. The summed E-state index contributed by atoms with van der Waals surface area (Å²) >= 11 is 0. The first kappa shape index (κ1) is 15.8. The molecule has 1 aliphatic rings. The number of nitrogens with one attached hydrogen (secondary N) is 2. The summed E-state index contributed by atoms with van der Waals surface area (Å²) in [5, 5.41) is 15.6. The highest BCUT2D eigenvalue weighted by Gasteiger charge is 2.21. The van der Waals surface area contributed by atoms with Crippen LogP contribution in [0, 0.1) is 6.92 Å². The highest BCUT2D eigenvalue weighted by Crippen LogP contribution is 2.12. The maximum atomic E-state index is 11.8. The van der Waals surface area contributed by atoms with Crippen LogP contribution in [0.15, 0.2) is 24.3 Å². The molecule has 1 amide bonds. The third-order valence-corrected chi connectivity index (χ3v) is 3.18. The van der Waals surface area contributed by atoms with E-state index < -0.39 is 6.10 Å². The predicted octanol–water partition coefficient (Wildman–Crippen LogP) is -0.161. The number of rotatable bonds is 6. The Labute approximate surface area is 124 Å². The number of amides is 1. The molecule has 0 aromatic heterocycles. The molecule has 1 aliphatic heterocycles. The Morgan fingerprint density at radius 1 is 1.62 bits per heavy atom. The van der Waals surface area contributed by atoms with E-state index in [4.69, 9.17) is 9.47 Å². The van der Waals surface area contributed by atoms with Crippen molar-refractivity contribution in [3.05, 3.63) is 29.8 Å². The molecule has 1 aromatic carbocycles. The fourth-order valence-electron chi connectivity index (χ4n) is 2.03. The Morgan fingerprint density at radius 3 is 3.19 bits per heavy atom. The number of hydrogen-bond acceptors (Lipinski definition) is 5. The van der Waals surface area contributed by atoms with E-state index in [0.29, 0.717) is 25.5 Å². The van der Waals surface area contributed by atoms with E-state index in [2.05, 4.69) is 10.6 Å². The van der Waals surface area contributed by atoms with E-state index in [9.17, 15) is 9.90 Å². The lowest BCUT2D eigenvalue weighted by atomic mass is 10.2. The third-order valence-electron chi connectivity index (χ3n) is 3.18. The average Bonchev–Trinajstić information content (AvgIpc) is 2.51. The van der Waals surface area contributed by atoms with Crippen LogP contribution >= 0.6 is 0 Å². The van der Waals surface area contributed by atoms with E-state index >= 15 is 0 Å². The largest absolute Gasteiger partial charge is 0.491 e. The summed E-state index contributed by atoms with van der Waals surface area (Å²) < 4.78 is 10.7. The van der Waals surface area contributed by atoms with Crippen LogP contribution in [0.5, 0.6) is 5.75 Å². The van der Waals surface area contributed by atoms with Gasteiger partial charge in [-0.15, -0.1) is 0 Å². The highest BCUT2D eigenvalue weighted by atomic mass is 16.5. The summed E-state index contributed by atoms with van der Waals surface area (Å²) in [7, 11) is 0. The Kier molecular flexibility index (Phi) is 5.98. The van der Waals surface area contributed by atoms with Crippen LogP contribution < -0.4 is 15.4 Å². The van der Waals surface area contributed by atoms with Crippen molar-refractivity contribution < 1.29 is 19.4 Å². The van der Waals surface area contributed by atoms with Crippen molar-refractivity contribution in [2.45, 2.75) is 19.1 Å². The van der Waals surface area contributed by atoms with Crippen molar-refractivity contribution >= 4 is 5.91 Å². The van der Waals surface area contributed by atoms with Gasteiger partial charge in [-0.2, -0.15) is 0 Å². The Hall–Kier alpha value is -1.63. The summed E-state index contributed by atoms with van der Waals surface area (Å²) in [4.78, 5) is 11.8. The molecule has 1 aromatic rings. The first-order chi connectivity index (χ1) is 10.1. The van der Waals surface area contributed by atoms with Crippen LogP contribution in [0.3, 0.4) is 0 Å². The van der Waals surface area contributed by atoms with Gasteiger partial charge in [0.1, 0.15) is 24.5 Å². The van der Waals surface area contributed by atoms with Crippen LogP contribution in [-0.4, -0.2) is 56.1 Å². The van der Waals surface area contributed by atoms with Gasteiger partial charge in [-0.1, -0.05) is 12.1 Å². The number of morpholine rings is 1. The molecule has 1 heterocycles.